The Morgan fingerprint density at radius 3 is 1.73 bits per heavy atom. The fourth-order valence-electron chi connectivity index (χ4n) is 2.82. The quantitative estimate of drug-likeness (QED) is 0.253. The number of hydrogen-bond donors (Lipinski definition) is 2. The van der Waals surface area contributed by atoms with Gasteiger partial charge in [0.2, 0.25) is 0 Å². The molecule has 0 bridgehead atoms. The maximum Gasteiger partial charge on any atom is 0.397 e. The second kappa shape index (κ2) is 19.5. The van der Waals surface area contributed by atoms with Crippen LogP contribution in [0.25, 0.3) is 0 Å². The molecule has 1 atom stereocenters. The minimum absolute atomic E-state index is 0. The van der Waals surface area contributed by atoms with Crippen LogP contribution in [0.4, 0.5) is 0 Å². The molecule has 0 aromatic rings. The van der Waals surface area contributed by atoms with Crippen molar-refractivity contribution in [2.45, 2.75) is 96.5 Å². The number of hydrogen-bond acceptors (Lipinski definition) is 5. The molecule has 0 saturated heterocycles. The summed E-state index contributed by atoms with van der Waals surface area (Å²) in [6.45, 7) is 2.29. The van der Waals surface area contributed by atoms with Gasteiger partial charge in [-0.3, -0.25) is 4.55 Å². The van der Waals surface area contributed by atoms with Crippen LogP contribution in [0.1, 0.15) is 90.4 Å². The lowest BCUT2D eigenvalue weighted by atomic mass is 10.0. The molecule has 0 spiro atoms. The van der Waals surface area contributed by atoms with Crippen molar-refractivity contribution < 1.29 is 32.5 Å². The Hall–Kier alpha value is -0.250. The van der Waals surface area contributed by atoms with Crippen molar-refractivity contribution in [3.63, 3.8) is 0 Å². The molecular formula is C18H40O7S. The van der Waals surface area contributed by atoms with Crippen molar-refractivity contribution in [1.29, 1.82) is 0 Å². The fraction of sp³-hybridized carbons (Fsp3) is 1.00. The van der Waals surface area contributed by atoms with Crippen LogP contribution in [0.15, 0.2) is 0 Å². The monoisotopic (exact) mass is 400 g/mol. The summed E-state index contributed by atoms with van der Waals surface area (Å²) in [6.07, 6.45) is 14.6. The molecular weight excluding hydrogens is 360 g/mol. The number of ether oxygens (including phenoxy) is 1. The smallest absolute Gasteiger partial charge is 0.397 e. The first-order valence-corrected chi connectivity index (χ1v) is 11.2. The van der Waals surface area contributed by atoms with E-state index in [0.717, 1.165) is 19.3 Å². The Labute approximate surface area is 159 Å². The SMILES string of the molecule is CCCCCCCCCCCCCCC(COCCO)OS(=O)(=O)O.O. The summed E-state index contributed by atoms with van der Waals surface area (Å²) < 4.78 is 40.1. The molecule has 1 unspecified atom stereocenters. The minimum Gasteiger partial charge on any atom is -0.412 e. The predicted molar refractivity (Wildman–Crippen MR) is 104 cm³/mol. The van der Waals surface area contributed by atoms with E-state index in [1.807, 2.05) is 0 Å². The molecule has 160 valence electrons. The number of aliphatic hydroxyl groups is 1. The van der Waals surface area contributed by atoms with E-state index in [0.29, 0.717) is 6.42 Å². The molecule has 0 radical (unpaired) electrons. The average Bonchev–Trinajstić information content (AvgIpc) is 2.54. The Balaban J connectivity index is 0. The van der Waals surface area contributed by atoms with E-state index >= 15 is 0 Å². The highest BCUT2D eigenvalue weighted by molar-refractivity contribution is 7.80. The van der Waals surface area contributed by atoms with Gasteiger partial charge in [-0.25, -0.2) is 4.18 Å². The van der Waals surface area contributed by atoms with Gasteiger partial charge in [0.05, 0.1) is 19.8 Å². The first-order chi connectivity index (χ1) is 12.0. The number of rotatable bonds is 19. The van der Waals surface area contributed by atoms with Crippen LogP contribution in [0.5, 0.6) is 0 Å². The summed E-state index contributed by atoms with van der Waals surface area (Å²) in [4.78, 5) is 0. The Kier molecular flexibility index (Phi) is 21.0. The van der Waals surface area contributed by atoms with Crippen LogP contribution >= 0.6 is 0 Å². The zero-order valence-electron chi connectivity index (χ0n) is 16.3. The van der Waals surface area contributed by atoms with Gasteiger partial charge in [-0.2, -0.15) is 8.42 Å². The lowest BCUT2D eigenvalue weighted by Crippen LogP contribution is -2.24. The zero-order chi connectivity index (χ0) is 18.8. The van der Waals surface area contributed by atoms with E-state index in [4.69, 9.17) is 14.4 Å². The second-order valence-electron chi connectivity index (χ2n) is 6.62. The fourth-order valence-corrected chi connectivity index (χ4v) is 3.32. The van der Waals surface area contributed by atoms with Gasteiger partial charge in [0.1, 0.15) is 6.10 Å². The maximum absolute atomic E-state index is 10.8. The first kappa shape index (κ1) is 28.0. The topological polar surface area (TPSA) is 125 Å². The van der Waals surface area contributed by atoms with Gasteiger partial charge in [0.25, 0.3) is 0 Å². The molecule has 4 N–H and O–H groups in total. The summed E-state index contributed by atoms with van der Waals surface area (Å²) in [6, 6.07) is 0. The van der Waals surface area contributed by atoms with E-state index in [1.165, 1.54) is 57.8 Å². The molecule has 0 aliphatic rings. The van der Waals surface area contributed by atoms with E-state index in [9.17, 15) is 8.42 Å². The third-order valence-corrected chi connectivity index (χ3v) is 4.69. The Morgan fingerprint density at radius 2 is 1.31 bits per heavy atom. The van der Waals surface area contributed by atoms with E-state index in [-0.39, 0.29) is 25.3 Å². The standard InChI is InChI=1S/C18H38O6S.H2O/c1-2-3-4-5-6-7-8-9-10-11-12-13-14-18(17-23-16-15-19)24-25(20,21)22;/h18-19H,2-17H2,1H3,(H,20,21,22);1H2. The Morgan fingerprint density at radius 1 is 0.846 bits per heavy atom. The van der Waals surface area contributed by atoms with Gasteiger partial charge in [0, 0.05) is 0 Å². The molecule has 0 fully saturated rings. The molecule has 0 rings (SSSR count). The highest BCUT2D eigenvalue weighted by atomic mass is 32.3. The number of aliphatic hydroxyl groups excluding tert-OH is 1. The van der Waals surface area contributed by atoms with Crippen molar-refractivity contribution in [2.75, 3.05) is 19.8 Å². The zero-order valence-corrected chi connectivity index (χ0v) is 17.1. The van der Waals surface area contributed by atoms with Crippen molar-refractivity contribution in [2.24, 2.45) is 0 Å². The van der Waals surface area contributed by atoms with Crippen LogP contribution in [0, 0.1) is 0 Å². The highest BCUT2D eigenvalue weighted by Gasteiger charge is 2.17. The molecule has 0 amide bonds. The molecule has 7 nitrogen and oxygen atoms in total. The van der Waals surface area contributed by atoms with Crippen LogP contribution in [-0.4, -0.2) is 49.5 Å². The van der Waals surface area contributed by atoms with Gasteiger partial charge in [-0.05, 0) is 6.42 Å². The normalized spacial score (nSPS) is 12.7. The molecule has 0 aromatic heterocycles. The molecule has 0 heterocycles. The van der Waals surface area contributed by atoms with Gasteiger partial charge >= 0.3 is 10.4 Å². The highest BCUT2D eigenvalue weighted by Crippen LogP contribution is 2.14. The predicted octanol–water partition coefficient (Wildman–Crippen LogP) is 3.45. The van der Waals surface area contributed by atoms with Gasteiger partial charge < -0.3 is 15.3 Å². The summed E-state index contributed by atoms with van der Waals surface area (Å²) in [5, 5.41) is 8.67. The van der Waals surface area contributed by atoms with Crippen molar-refractivity contribution >= 4 is 10.4 Å². The molecule has 8 heteroatoms. The third-order valence-electron chi connectivity index (χ3n) is 4.18. The van der Waals surface area contributed by atoms with Gasteiger partial charge in [-0.1, -0.05) is 84.0 Å². The van der Waals surface area contributed by atoms with Gasteiger partial charge in [-0.15, -0.1) is 0 Å². The van der Waals surface area contributed by atoms with Crippen molar-refractivity contribution in [3.8, 4) is 0 Å². The third kappa shape index (κ3) is 21.8. The summed E-state index contributed by atoms with van der Waals surface area (Å²) >= 11 is 0. The number of unbranched alkanes of at least 4 members (excludes halogenated alkanes) is 11. The van der Waals surface area contributed by atoms with Crippen LogP contribution < -0.4 is 0 Å². The van der Waals surface area contributed by atoms with Crippen molar-refractivity contribution in [1.82, 2.24) is 0 Å². The first-order valence-electron chi connectivity index (χ1n) is 9.84. The van der Waals surface area contributed by atoms with Crippen LogP contribution in [0.3, 0.4) is 0 Å². The minimum atomic E-state index is -4.47. The molecule has 0 saturated carbocycles. The summed E-state index contributed by atoms with van der Waals surface area (Å²) in [5.74, 6) is 0. The maximum atomic E-state index is 10.8. The summed E-state index contributed by atoms with van der Waals surface area (Å²) in [7, 11) is -4.47. The Bertz CT molecular complexity index is 374. The molecule has 26 heavy (non-hydrogen) atoms. The van der Waals surface area contributed by atoms with E-state index in [2.05, 4.69) is 11.1 Å². The van der Waals surface area contributed by atoms with E-state index in [1.54, 1.807) is 0 Å². The van der Waals surface area contributed by atoms with Crippen LogP contribution in [0.2, 0.25) is 0 Å². The average molecular weight is 401 g/mol. The molecule has 0 aliphatic heterocycles. The summed E-state index contributed by atoms with van der Waals surface area (Å²) in [5.41, 5.74) is 0. The molecule has 0 aromatic carbocycles. The lowest BCUT2D eigenvalue weighted by Gasteiger charge is -2.15. The van der Waals surface area contributed by atoms with Crippen molar-refractivity contribution in [3.05, 3.63) is 0 Å². The van der Waals surface area contributed by atoms with Crippen LogP contribution in [-0.2, 0) is 19.3 Å². The van der Waals surface area contributed by atoms with Gasteiger partial charge in [0.15, 0.2) is 0 Å². The molecule has 0 aliphatic carbocycles. The lowest BCUT2D eigenvalue weighted by molar-refractivity contribution is 0.0262. The largest absolute Gasteiger partial charge is 0.412 e. The van der Waals surface area contributed by atoms with E-state index < -0.39 is 16.5 Å². The second-order valence-corrected chi connectivity index (χ2v) is 7.67.